The highest BCUT2D eigenvalue weighted by atomic mass is 16.5. The van der Waals surface area contributed by atoms with Crippen molar-refractivity contribution in [3.63, 3.8) is 0 Å². The van der Waals surface area contributed by atoms with Crippen LogP contribution >= 0.6 is 0 Å². The first-order chi connectivity index (χ1) is 13.1. The quantitative estimate of drug-likeness (QED) is 0.394. The van der Waals surface area contributed by atoms with Crippen molar-refractivity contribution >= 4 is 5.69 Å². The van der Waals surface area contributed by atoms with Gasteiger partial charge in [0, 0.05) is 24.9 Å². The molecule has 1 aromatic rings. The second kappa shape index (κ2) is 15.7. The van der Waals surface area contributed by atoms with Crippen molar-refractivity contribution in [2.24, 2.45) is 5.92 Å². The lowest BCUT2D eigenvalue weighted by Gasteiger charge is -2.11. The van der Waals surface area contributed by atoms with E-state index in [2.05, 4.69) is 33.0 Å². The van der Waals surface area contributed by atoms with Gasteiger partial charge >= 0.3 is 0 Å². The fourth-order valence-electron chi connectivity index (χ4n) is 2.34. The standard InChI is InChI=1S/C22H39NO4/c1-19(2)11-14-25-16-18-26-17-15-24-12-5-6-13-27-22-9-7-21(8-10-22)23-20(3)4/h7-10,19-20,23H,5-6,11-18H2,1-4H3. The maximum atomic E-state index is 5.75. The van der Waals surface area contributed by atoms with Crippen molar-refractivity contribution in [3.05, 3.63) is 24.3 Å². The molecule has 156 valence electrons. The van der Waals surface area contributed by atoms with Gasteiger partial charge in [-0.2, -0.15) is 0 Å². The lowest BCUT2D eigenvalue weighted by atomic mass is 10.1. The molecular weight excluding hydrogens is 342 g/mol. The molecular formula is C22H39NO4. The zero-order chi connectivity index (χ0) is 19.7. The van der Waals surface area contributed by atoms with E-state index in [1.807, 2.05) is 24.3 Å². The minimum Gasteiger partial charge on any atom is -0.494 e. The van der Waals surface area contributed by atoms with Crippen LogP contribution in [0.5, 0.6) is 5.75 Å². The number of ether oxygens (including phenoxy) is 4. The minimum absolute atomic E-state index is 0.435. The number of anilines is 1. The Morgan fingerprint density at radius 2 is 1.26 bits per heavy atom. The Morgan fingerprint density at radius 3 is 1.85 bits per heavy atom. The Kier molecular flexibility index (Phi) is 13.8. The second-order valence-electron chi connectivity index (χ2n) is 7.40. The van der Waals surface area contributed by atoms with Crippen molar-refractivity contribution in [2.75, 3.05) is 51.6 Å². The van der Waals surface area contributed by atoms with Crippen LogP contribution in [0.15, 0.2) is 24.3 Å². The minimum atomic E-state index is 0.435. The average molecular weight is 382 g/mol. The van der Waals surface area contributed by atoms with Crippen LogP contribution in [-0.4, -0.2) is 52.3 Å². The van der Waals surface area contributed by atoms with Crippen LogP contribution in [0.1, 0.15) is 47.0 Å². The molecule has 1 N–H and O–H groups in total. The molecule has 1 rings (SSSR count). The molecule has 27 heavy (non-hydrogen) atoms. The van der Waals surface area contributed by atoms with Crippen LogP contribution in [0.25, 0.3) is 0 Å². The summed E-state index contributed by atoms with van der Waals surface area (Å²) >= 11 is 0. The molecule has 5 heteroatoms. The van der Waals surface area contributed by atoms with Gasteiger partial charge < -0.3 is 24.3 Å². The van der Waals surface area contributed by atoms with E-state index < -0.39 is 0 Å². The summed E-state index contributed by atoms with van der Waals surface area (Å²) in [7, 11) is 0. The Hall–Kier alpha value is -1.30. The van der Waals surface area contributed by atoms with Crippen LogP contribution in [0, 0.1) is 5.92 Å². The average Bonchev–Trinajstić information content (AvgIpc) is 2.62. The molecule has 0 amide bonds. The lowest BCUT2D eigenvalue weighted by molar-refractivity contribution is 0.0119. The molecule has 1 aromatic carbocycles. The van der Waals surface area contributed by atoms with E-state index in [4.69, 9.17) is 18.9 Å². The summed E-state index contributed by atoms with van der Waals surface area (Å²) in [6.07, 6.45) is 3.08. The van der Waals surface area contributed by atoms with Crippen LogP contribution in [0.2, 0.25) is 0 Å². The van der Waals surface area contributed by atoms with Crippen molar-refractivity contribution in [2.45, 2.75) is 53.0 Å². The highest BCUT2D eigenvalue weighted by Crippen LogP contribution is 2.16. The van der Waals surface area contributed by atoms with Crippen LogP contribution in [0.4, 0.5) is 5.69 Å². The number of hydrogen-bond acceptors (Lipinski definition) is 5. The van der Waals surface area contributed by atoms with E-state index in [-0.39, 0.29) is 0 Å². The molecule has 0 saturated carbocycles. The fourth-order valence-corrected chi connectivity index (χ4v) is 2.34. The van der Waals surface area contributed by atoms with Crippen LogP contribution in [0.3, 0.4) is 0 Å². The monoisotopic (exact) mass is 381 g/mol. The Bertz CT molecular complexity index is 448. The third kappa shape index (κ3) is 14.4. The first-order valence-electron chi connectivity index (χ1n) is 10.3. The van der Waals surface area contributed by atoms with Gasteiger partial charge in [0.05, 0.1) is 33.0 Å². The summed E-state index contributed by atoms with van der Waals surface area (Å²) in [6, 6.07) is 8.54. The van der Waals surface area contributed by atoms with Gasteiger partial charge in [-0.05, 0) is 63.3 Å². The van der Waals surface area contributed by atoms with E-state index >= 15 is 0 Å². The number of rotatable bonds is 17. The smallest absolute Gasteiger partial charge is 0.119 e. The van der Waals surface area contributed by atoms with Gasteiger partial charge in [-0.1, -0.05) is 13.8 Å². The van der Waals surface area contributed by atoms with E-state index in [9.17, 15) is 0 Å². The lowest BCUT2D eigenvalue weighted by Crippen LogP contribution is -2.11. The van der Waals surface area contributed by atoms with Gasteiger partial charge in [0.15, 0.2) is 0 Å². The van der Waals surface area contributed by atoms with Crippen molar-refractivity contribution < 1.29 is 18.9 Å². The summed E-state index contributed by atoms with van der Waals surface area (Å²) in [6.45, 7) is 13.5. The highest BCUT2D eigenvalue weighted by Gasteiger charge is 1.98. The first-order valence-corrected chi connectivity index (χ1v) is 10.3. The van der Waals surface area contributed by atoms with Gasteiger partial charge in [0.1, 0.15) is 5.75 Å². The zero-order valence-electron chi connectivity index (χ0n) is 17.7. The molecule has 0 bridgehead atoms. The molecule has 0 aliphatic heterocycles. The molecule has 5 nitrogen and oxygen atoms in total. The third-order valence-electron chi connectivity index (χ3n) is 3.84. The summed E-state index contributed by atoms with van der Waals surface area (Å²) < 4.78 is 22.3. The van der Waals surface area contributed by atoms with Gasteiger partial charge in [0.25, 0.3) is 0 Å². The molecule has 0 aliphatic rings. The van der Waals surface area contributed by atoms with Crippen LogP contribution < -0.4 is 10.1 Å². The Labute approximate surface area is 165 Å². The van der Waals surface area contributed by atoms with Crippen molar-refractivity contribution in [1.82, 2.24) is 0 Å². The molecule has 0 aliphatic carbocycles. The third-order valence-corrected chi connectivity index (χ3v) is 3.84. The van der Waals surface area contributed by atoms with Gasteiger partial charge in [-0.25, -0.2) is 0 Å². The van der Waals surface area contributed by atoms with Gasteiger partial charge in [0.2, 0.25) is 0 Å². The SMILES string of the molecule is CC(C)CCOCCOCCOCCCCOc1ccc(NC(C)C)cc1. The molecule has 0 aromatic heterocycles. The highest BCUT2D eigenvalue weighted by molar-refractivity contribution is 5.46. The van der Waals surface area contributed by atoms with Crippen LogP contribution in [-0.2, 0) is 14.2 Å². The summed E-state index contributed by atoms with van der Waals surface area (Å²) in [5.74, 6) is 1.60. The molecule has 0 spiro atoms. The van der Waals surface area contributed by atoms with E-state index in [0.717, 1.165) is 43.9 Å². The normalized spacial score (nSPS) is 11.3. The molecule has 0 radical (unpaired) electrons. The molecule has 0 saturated heterocycles. The molecule has 0 heterocycles. The largest absolute Gasteiger partial charge is 0.494 e. The summed E-state index contributed by atoms with van der Waals surface area (Å²) in [4.78, 5) is 0. The first kappa shape index (κ1) is 23.7. The second-order valence-corrected chi connectivity index (χ2v) is 7.40. The summed E-state index contributed by atoms with van der Waals surface area (Å²) in [5.41, 5.74) is 1.12. The Morgan fingerprint density at radius 1 is 0.704 bits per heavy atom. The molecule has 0 unspecified atom stereocenters. The number of benzene rings is 1. The van der Waals surface area contributed by atoms with Crippen molar-refractivity contribution in [1.29, 1.82) is 0 Å². The maximum Gasteiger partial charge on any atom is 0.119 e. The van der Waals surface area contributed by atoms with E-state index in [1.165, 1.54) is 0 Å². The fraction of sp³-hybridized carbons (Fsp3) is 0.727. The predicted molar refractivity (Wildman–Crippen MR) is 112 cm³/mol. The topological polar surface area (TPSA) is 49.0 Å². The number of hydrogen-bond donors (Lipinski definition) is 1. The predicted octanol–water partition coefficient (Wildman–Crippen LogP) is 4.76. The summed E-state index contributed by atoms with van der Waals surface area (Å²) in [5, 5.41) is 3.36. The molecule has 0 atom stereocenters. The maximum absolute atomic E-state index is 5.75. The number of unbranched alkanes of at least 4 members (excludes halogenated alkanes) is 1. The zero-order valence-corrected chi connectivity index (χ0v) is 17.7. The number of nitrogens with one attached hydrogen (secondary N) is 1. The van der Waals surface area contributed by atoms with Crippen molar-refractivity contribution in [3.8, 4) is 5.75 Å². The molecule has 0 fully saturated rings. The van der Waals surface area contributed by atoms with Gasteiger partial charge in [-0.15, -0.1) is 0 Å². The van der Waals surface area contributed by atoms with Gasteiger partial charge in [-0.3, -0.25) is 0 Å². The van der Waals surface area contributed by atoms with E-state index in [0.29, 0.717) is 45.0 Å². The Balaban J connectivity index is 1.85. The van der Waals surface area contributed by atoms with E-state index in [1.54, 1.807) is 0 Å².